The van der Waals surface area contributed by atoms with Crippen LogP contribution in [0.3, 0.4) is 0 Å². The molecule has 0 radical (unpaired) electrons. The van der Waals surface area contributed by atoms with Crippen LogP contribution in [0.4, 0.5) is 0 Å². The minimum atomic E-state index is -0.736. The Balaban J connectivity index is 3.09. The predicted molar refractivity (Wildman–Crippen MR) is 153 cm³/mol. The van der Waals surface area contributed by atoms with Crippen LogP contribution in [0.2, 0.25) is 0 Å². The maximum Gasteiger partial charge on any atom is 0.156 e. The molecule has 0 aromatic heterocycles. The second-order valence-corrected chi connectivity index (χ2v) is 16.4. The van der Waals surface area contributed by atoms with E-state index in [9.17, 15) is 4.79 Å². The molecule has 1 fully saturated rings. The van der Waals surface area contributed by atoms with Crippen LogP contribution >= 0.6 is 10.0 Å². The zero-order chi connectivity index (χ0) is 25.0. The summed E-state index contributed by atoms with van der Waals surface area (Å²) in [5, 5.41) is 0. The van der Waals surface area contributed by atoms with Gasteiger partial charge in [-0.25, -0.2) is 10.0 Å². The molecule has 1 unspecified atom stereocenters. The lowest BCUT2D eigenvalue weighted by Crippen LogP contribution is -2.55. The number of nitrogens with zero attached hydrogens (tertiary/aromatic N) is 1. The highest BCUT2D eigenvalue weighted by Gasteiger charge is 2.49. The van der Waals surface area contributed by atoms with Crippen molar-refractivity contribution < 1.29 is 4.79 Å². The molecule has 0 spiro atoms. The second kappa shape index (κ2) is 15.2. The Morgan fingerprint density at radius 2 is 1.21 bits per heavy atom. The van der Waals surface area contributed by atoms with Gasteiger partial charge in [-0.15, -0.1) is 0 Å². The summed E-state index contributed by atoms with van der Waals surface area (Å²) in [6, 6.07) is 0.147. The van der Waals surface area contributed by atoms with Crippen molar-refractivity contribution in [3.8, 4) is 0 Å². The van der Waals surface area contributed by atoms with E-state index in [4.69, 9.17) is 0 Å². The molecule has 0 aromatic rings. The SMILES string of the molecule is CCCCCCC(C)(CC)C(=O)[C@@H]1CS(C)(C)CN1C(C)(CCCCCC)CCCCCC. The highest BCUT2D eigenvalue weighted by molar-refractivity contribution is 8.32. The zero-order valence-corrected chi connectivity index (χ0v) is 24.9. The van der Waals surface area contributed by atoms with Gasteiger partial charge in [0.25, 0.3) is 0 Å². The summed E-state index contributed by atoms with van der Waals surface area (Å²) in [7, 11) is -0.736. The summed E-state index contributed by atoms with van der Waals surface area (Å²) in [6.07, 6.45) is 25.2. The molecule has 0 N–H and O–H groups in total. The van der Waals surface area contributed by atoms with Gasteiger partial charge in [-0.2, -0.15) is 0 Å². The lowest BCUT2D eigenvalue weighted by atomic mass is 9.74. The van der Waals surface area contributed by atoms with Gasteiger partial charge in [0.2, 0.25) is 0 Å². The predicted octanol–water partition coefficient (Wildman–Crippen LogP) is 9.35. The van der Waals surface area contributed by atoms with E-state index in [0.717, 1.165) is 24.5 Å². The van der Waals surface area contributed by atoms with Gasteiger partial charge in [0, 0.05) is 22.6 Å². The fraction of sp³-hybridized carbons (Fsp3) is 0.967. The molecule has 1 rings (SSSR count). The zero-order valence-electron chi connectivity index (χ0n) is 24.1. The van der Waals surface area contributed by atoms with Gasteiger partial charge in [0.15, 0.2) is 5.78 Å². The van der Waals surface area contributed by atoms with Crippen LogP contribution < -0.4 is 0 Å². The van der Waals surface area contributed by atoms with Crippen LogP contribution in [0.15, 0.2) is 0 Å². The topological polar surface area (TPSA) is 20.3 Å². The molecule has 1 aliphatic rings. The van der Waals surface area contributed by atoms with Crippen LogP contribution in [-0.4, -0.2) is 46.4 Å². The van der Waals surface area contributed by atoms with Gasteiger partial charge in [-0.3, -0.25) is 9.69 Å². The van der Waals surface area contributed by atoms with Crippen molar-refractivity contribution in [2.75, 3.05) is 24.1 Å². The summed E-state index contributed by atoms with van der Waals surface area (Å²) in [5.74, 6) is 2.86. The highest BCUT2D eigenvalue weighted by atomic mass is 32.3. The van der Waals surface area contributed by atoms with Gasteiger partial charge < -0.3 is 0 Å². The van der Waals surface area contributed by atoms with Crippen LogP contribution in [0.5, 0.6) is 0 Å². The van der Waals surface area contributed by atoms with Gasteiger partial charge in [-0.05, 0) is 45.1 Å². The number of carbonyl (C=O) groups excluding carboxylic acids is 1. The second-order valence-electron chi connectivity index (χ2n) is 12.3. The molecule has 0 bridgehead atoms. The van der Waals surface area contributed by atoms with Crippen LogP contribution in [0, 0.1) is 5.41 Å². The van der Waals surface area contributed by atoms with E-state index in [0.29, 0.717) is 5.78 Å². The number of hydrogen-bond donors (Lipinski definition) is 0. The summed E-state index contributed by atoms with van der Waals surface area (Å²) < 4.78 is 0. The van der Waals surface area contributed by atoms with E-state index in [1.807, 2.05) is 0 Å². The van der Waals surface area contributed by atoms with Crippen molar-refractivity contribution in [2.24, 2.45) is 5.41 Å². The minimum absolute atomic E-state index is 0.147. The largest absolute Gasteiger partial charge is 0.297 e. The van der Waals surface area contributed by atoms with Crippen molar-refractivity contribution >= 4 is 15.8 Å². The molecule has 1 aliphatic heterocycles. The first-order valence-corrected chi connectivity index (χ1v) is 17.4. The van der Waals surface area contributed by atoms with Gasteiger partial charge in [0.05, 0.1) is 6.04 Å². The van der Waals surface area contributed by atoms with E-state index in [1.54, 1.807) is 0 Å². The van der Waals surface area contributed by atoms with Gasteiger partial charge in [-0.1, -0.05) is 112 Å². The quantitative estimate of drug-likeness (QED) is 0.170. The van der Waals surface area contributed by atoms with Crippen LogP contribution in [0.25, 0.3) is 0 Å². The van der Waals surface area contributed by atoms with E-state index in [1.165, 1.54) is 89.9 Å². The van der Waals surface area contributed by atoms with E-state index in [2.05, 4.69) is 59.0 Å². The molecule has 198 valence electrons. The number of unbranched alkanes of at least 4 members (excludes halogenated alkanes) is 9. The average Bonchev–Trinajstić information content (AvgIpc) is 3.12. The van der Waals surface area contributed by atoms with E-state index < -0.39 is 10.0 Å². The molecule has 3 heteroatoms. The Hall–Kier alpha value is -0.0200. The third-order valence-electron chi connectivity index (χ3n) is 8.57. The third kappa shape index (κ3) is 9.86. The number of hydrogen-bond acceptors (Lipinski definition) is 2. The standard InChI is InChI=1S/C30H61NOS/c1-9-13-16-19-22-29(5,12-4)28(32)27-25-33(7,8)26-31(27)30(6,23-20-17-14-10-2)24-21-18-15-11-3/h27H,9-26H2,1-8H3/t27-,29?/m0/s1. The number of Topliss-reactive ketones (excluding diaryl/α,β-unsaturated/α-hetero) is 1. The van der Waals surface area contributed by atoms with E-state index >= 15 is 0 Å². The van der Waals surface area contributed by atoms with Crippen LogP contribution in [0.1, 0.15) is 144 Å². The average molecular weight is 484 g/mol. The maximum atomic E-state index is 14.2. The molecule has 0 aliphatic carbocycles. The van der Waals surface area contributed by atoms with Crippen molar-refractivity contribution in [2.45, 2.75) is 156 Å². The summed E-state index contributed by atoms with van der Waals surface area (Å²) in [5.41, 5.74) is 0.0291. The fourth-order valence-corrected chi connectivity index (χ4v) is 8.42. The number of ketones is 1. The highest BCUT2D eigenvalue weighted by Crippen LogP contribution is 2.53. The first kappa shape index (κ1) is 31.0. The molecule has 33 heavy (non-hydrogen) atoms. The number of rotatable bonds is 19. The Morgan fingerprint density at radius 1 is 0.758 bits per heavy atom. The number of carbonyl (C=O) groups is 1. The Bertz CT molecular complexity index is 533. The molecular formula is C30H61NOS. The maximum absolute atomic E-state index is 14.2. The minimum Gasteiger partial charge on any atom is -0.297 e. The van der Waals surface area contributed by atoms with Gasteiger partial charge >= 0.3 is 0 Å². The molecule has 0 aromatic carbocycles. The Labute approximate surface area is 210 Å². The first-order chi connectivity index (χ1) is 15.6. The smallest absolute Gasteiger partial charge is 0.156 e. The molecule has 2 atom stereocenters. The van der Waals surface area contributed by atoms with Crippen molar-refractivity contribution in [1.82, 2.24) is 4.90 Å². The summed E-state index contributed by atoms with van der Waals surface area (Å²) in [6.45, 7) is 13.9. The molecule has 1 heterocycles. The van der Waals surface area contributed by atoms with Crippen LogP contribution in [-0.2, 0) is 4.79 Å². The Kier molecular flexibility index (Phi) is 14.3. The van der Waals surface area contributed by atoms with Crippen molar-refractivity contribution in [3.63, 3.8) is 0 Å². The lowest BCUT2D eigenvalue weighted by molar-refractivity contribution is -0.135. The molecule has 0 saturated carbocycles. The monoisotopic (exact) mass is 483 g/mol. The lowest BCUT2D eigenvalue weighted by Gasteiger charge is -2.44. The Morgan fingerprint density at radius 3 is 1.64 bits per heavy atom. The van der Waals surface area contributed by atoms with Gasteiger partial charge in [0.1, 0.15) is 0 Å². The van der Waals surface area contributed by atoms with E-state index in [-0.39, 0.29) is 17.0 Å². The summed E-state index contributed by atoms with van der Waals surface area (Å²) >= 11 is 0. The normalized spacial score (nSPS) is 21.8. The fourth-order valence-electron chi connectivity index (χ4n) is 5.88. The van der Waals surface area contributed by atoms with Crippen molar-refractivity contribution in [3.05, 3.63) is 0 Å². The molecule has 0 amide bonds. The van der Waals surface area contributed by atoms with Crippen molar-refractivity contribution in [1.29, 1.82) is 0 Å². The molecule has 2 nitrogen and oxygen atoms in total. The summed E-state index contributed by atoms with van der Waals surface area (Å²) in [4.78, 5) is 17.0. The third-order valence-corrected chi connectivity index (χ3v) is 10.8. The molecule has 1 saturated heterocycles. The first-order valence-electron chi connectivity index (χ1n) is 14.6. The molecular weight excluding hydrogens is 422 g/mol.